The molecule has 3 aliphatic heterocycles. The molecular weight excluding hydrogens is 360 g/mol. The molecule has 1 saturated carbocycles. The molecule has 4 fully saturated rings. The summed E-state index contributed by atoms with van der Waals surface area (Å²) in [6.45, 7) is 5.23. The number of piperidine rings is 2. The second-order valence-corrected chi connectivity index (χ2v) is 9.08. The highest BCUT2D eigenvalue weighted by atomic mass is 16.6. The SMILES string of the molecule is NC(=O)C1CCN(CC2(O)CCC3(CC2)CO3)CC1.NC(=O)C1CCNCC1. The third-order valence-corrected chi connectivity index (χ3v) is 6.89. The van der Waals surface area contributed by atoms with Gasteiger partial charge in [-0.25, -0.2) is 0 Å². The first kappa shape index (κ1) is 21.5. The molecule has 1 aliphatic carbocycles. The Morgan fingerprint density at radius 3 is 1.89 bits per heavy atom. The van der Waals surface area contributed by atoms with Gasteiger partial charge in [0.05, 0.1) is 17.8 Å². The lowest BCUT2D eigenvalue weighted by molar-refractivity contribution is -0.124. The molecule has 0 bridgehead atoms. The van der Waals surface area contributed by atoms with Crippen LogP contribution >= 0.6 is 0 Å². The molecule has 0 radical (unpaired) electrons. The highest BCUT2D eigenvalue weighted by Gasteiger charge is 2.51. The number of nitrogens with two attached hydrogens (primary N) is 2. The number of β-amino-alcohol motifs (C(OH)–C–C–N with tert-alkyl or cyclic N) is 1. The molecule has 0 aromatic heterocycles. The number of aliphatic hydroxyl groups is 1. The molecule has 3 saturated heterocycles. The fourth-order valence-corrected chi connectivity index (χ4v) is 4.62. The minimum absolute atomic E-state index is 0.0281. The predicted octanol–water partition coefficient (Wildman–Crippen LogP) is -0.271. The first-order valence-corrected chi connectivity index (χ1v) is 10.7. The van der Waals surface area contributed by atoms with Crippen LogP contribution in [0.25, 0.3) is 0 Å². The zero-order chi connectivity index (χ0) is 20.2. The molecule has 0 atom stereocenters. The van der Waals surface area contributed by atoms with Crippen LogP contribution in [0.5, 0.6) is 0 Å². The molecule has 0 aromatic rings. The van der Waals surface area contributed by atoms with Gasteiger partial charge in [0.1, 0.15) is 0 Å². The molecular formula is C20H36N4O4. The van der Waals surface area contributed by atoms with Crippen LogP contribution in [0.3, 0.4) is 0 Å². The third-order valence-electron chi connectivity index (χ3n) is 6.89. The maximum Gasteiger partial charge on any atom is 0.220 e. The second kappa shape index (κ2) is 9.07. The Morgan fingerprint density at radius 2 is 1.46 bits per heavy atom. The average Bonchev–Trinajstić information content (AvgIpc) is 3.46. The summed E-state index contributed by atoms with van der Waals surface area (Å²) < 4.78 is 5.48. The Labute approximate surface area is 167 Å². The van der Waals surface area contributed by atoms with Gasteiger partial charge in [0.2, 0.25) is 11.8 Å². The van der Waals surface area contributed by atoms with Crippen molar-refractivity contribution in [1.29, 1.82) is 0 Å². The van der Waals surface area contributed by atoms with Crippen molar-refractivity contribution in [3.8, 4) is 0 Å². The van der Waals surface area contributed by atoms with Gasteiger partial charge in [-0.15, -0.1) is 0 Å². The molecule has 3 heterocycles. The van der Waals surface area contributed by atoms with Crippen LogP contribution in [0, 0.1) is 11.8 Å². The summed E-state index contributed by atoms with van der Waals surface area (Å²) >= 11 is 0. The van der Waals surface area contributed by atoms with Crippen molar-refractivity contribution in [2.24, 2.45) is 23.3 Å². The summed E-state index contributed by atoms with van der Waals surface area (Å²) in [7, 11) is 0. The predicted molar refractivity (Wildman–Crippen MR) is 105 cm³/mol. The lowest BCUT2D eigenvalue weighted by Gasteiger charge is -2.40. The number of epoxide rings is 1. The fourth-order valence-electron chi connectivity index (χ4n) is 4.62. The standard InChI is InChI=1S/C14H24N2O3.C6H12N2O/c15-12(17)11-1-7-16(8-2-11)9-13(18)3-5-14(6-4-13)10-19-14;7-6(9)5-1-3-8-4-2-5/h11,18H,1-10H2,(H2,15,17);5,8H,1-4H2,(H2,7,9). The van der Waals surface area contributed by atoms with Gasteiger partial charge in [-0.05, 0) is 77.5 Å². The molecule has 6 N–H and O–H groups in total. The van der Waals surface area contributed by atoms with Crippen LogP contribution in [-0.2, 0) is 14.3 Å². The van der Waals surface area contributed by atoms with E-state index in [1.54, 1.807) is 0 Å². The van der Waals surface area contributed by atoms with E-state index in [0.717, 1.165) is 90.7 Å². The van der Waals surface area contributed by atoms with Gasteiger partial charge in [-0.2, -0.15) is 0 Å². The van der Waals surface area contributed by atoms with Crippen LogP contribution in [0.1, 0.15) is 51.4 Å². The highest BCUT2D eigenvalue weighted by Crippen LogP contribution is 2.45. The molecule has 28 heavy (non-hydrogen) atoms. The summed E-state index contributed by atoms with van der Waals surface area (Å²) in [5.74, 6) is -0.160. The number of amides is 2. The van der Waals surface area contributed by atoms with E-state index in [4.69, 9.17) is 16.2 Å². The number of hydrogen-bond donors (Lipinski definition) is 4. The van der Waals surface area contributed by atoms with E-state index in [1.807, 2.05) is 0 Å². The normalized spacial score (nSPS) is 34.5. The molecule has 1 spiro atoms. The summed E-state index contributed by atoms with van der Waals surface area (Å²) in [4.78, 5) is 24.0. The van der Waals surface area contributed by atoms with Gasteiger partial charge in [-0.1, -0.05) is 0 Å². The Bertz CT molecular complexity index is 542. The lowest BCUT2D eigenvalue weighted by Crippen LogP contribution is -2.49. The van der Waals surface area contributed by atoms with Crippen molar-refractivity contribution in [1.82, 2.24) is 10.2 Å². The van der Waals surface area contributed by atoms with E-state index in [9.17, 15) is 14.7 Å². The van der Waals surface area contributed by atoms with Crippen LogP contribution < -0.4 is 16.8 Å². The zero-order valence-electron chi connectivity index (χ0n) is 16.8. The number of likely N-dealkylation sites (tertiary alicyclic amines) is 1. The van der Waals surface area contributed by atoms with E-state index in [1.165, 1.54) is 0 Å². The van der Waals surface area contributed by atoms with Gasteiger partial charge in [0.25, 0.3) is 0 Å². The Morgan fingerprint density at radius 1 is 0.964 bits per heavy atom. The maximum atomic E-state index is 11.1. The number of nitrogens with one attached hydrogen (secondary N) is 1. The number of rotatable bonds is 4. The molecule has 8 nitrogen and oxygen atoms in total. The van der Waals surface area contributed by atoms with Crippen LogP contribution in [-0.4, -0.2) is 72.4 Å². The lowest BCUT2D eigenvalue weighted by atomic mass is 9.78. The highest BCUT2D eigenvalue weighted by molar-refractivity contribution is 5.77. The minimum atomic E-state index is -0.559. The average molecular weight is 397 g/mol. The second-order valence-electron chi connectivity index (χ2n) is 9.08. The van der Waals surface area contributed by atoms with Gasteiger partial charge in [0, 0.05) is 18.4 Å². The van der Waals surface area contributed by atoms with Crippen LogP contribution in [0.15, 0.2) is 0 Å². The summed E-state index contributed by atoms with van der Waals surface area (Å²) in [5.41, 5.74) is 10.0. The Kier molecular flexibility index (Phi) is 6.96. The molecule has 4 aliphatic rings. The number of ether oxygens (including phenoxy) is 1. The summed E-state index contributed by atoms with van der Waals surface area (Å²) in [6, 6.07) is 0. The molecule has 8 heteroatoms. The fraction of sp³-hybridized carbons (Fsp3) is 0.900. The molecule has 4 rings (SSSR count). The van der Waals surface area contributed by atoms with Crippen molar-refractivity contribution >= 4 is 11.8 Å². The number of nitrogens with zero attached hydrogens (tertiary/aromatic N) is 1. The molecule has 0 unspecified atom stereocenters. The maximum absolute atomic E-state index is 11.1. The largest absolute Gasteiger partial charge is 0.389 e. The van der Waals surface area contributed by atoms with Crippen molar-refractivity contribution in [3.05, 3.63) is 0 Å². The number of hydrogen-bond acceptors (Lipinski definition) is 6. The molecule has 160 valence electrons. The van der Waals surface area contributed by atoms with E-state index in [2.05, 4.69) is 10.2 Å². The Hall–Kier alpha value is -1.22. The molecule has 0 aromatic carbocycles. The summed E-state index contributed by atoms with van der Waals surface area (Å²) in [6.07, 6.45) is 7.13. The minimum Gasteiger partial charge on any atom is -0.389 e. The quantitative estimate of drug-likeness (QED) is 0.483. The van der Waals surface area contributed by atoms with Crippen molar-refractivity contribution in [2.45, 2.75) is 62.6 Å². The van der Waals surface area contributed by atoms with Crippen molar-refractivity contribution < 1.29 is 19.4 Å². The smallest absolute Gasteiger partial charge is 0.220 e. The van der Waals surface area contributed by atoms with E-state index in [0.29, 0.717) is 0 Å². The van der Waals surface area contributed by atoms with Gasteiger partial charge < -0.3 is 31.5 Å². The topological polar surface area (TPSA) is 134 Å². The van der Waals surface area contributed by atoms with Gasteiger partial charge in [-0.3, -0.25) is 9.59 Å². The van der Waals surface area contributed by atoms with Gasteiger partial charge >= 0.3 is 0 Å². The first-order valence-electron chi connectivity index (χ1n) is 10.7. The first-order chi connectivity index (χ1) is 13.3. The summed E-state index contributed by atoms with van der Waals surface area (Å²) in [5, 5.41) is 13.8. The zero-order valence-corrected chi connectivity index (χ0v) is 16.8. The monoisotopic (exact) mass is 396 g/mol. The van der Waals surface area contributed by atoms with E-state index < -0.39 is 5.60 Å². The van der Waals surface area contributed by atoms with Crippen LogP contribution in [0.4, 0.5) is 0 Å². The number of carbonyl (C=O) groups excluding carboxylic acids is 2. The number of carbonyl (C=O) groups is 2. The van der Waals surface area contributed by atoms with Crippen molar-refractivity contribution in [3.63, 3.8) is 0 Å². The van der Waals surface area contributed by atoms with E-state index in [-0.39, 0.29) is 29.3 Å². The Balaban J connectivity index is 0.000000211. The number of primary amides is 2. The van der Waals surface area contributed by atoms with Crippen LogP contribution in [0.2, 0.25) is 0 Å². The van der Waals surface area contributed by atoms with Gasteiger partial charge in [0.15, 0.2) is 0 Å². The van der Waals surface area contributed by atoms with E-state index >= 15 is 0 Å². The van der Waals surface area contributed by atoms with Crippen molar-refractivity contribution in [2.75, 3.05) is 39.3 Å². The third kappa shape index (κ3) is 5.89. The molecule has 2 amide bonds.